The Morgan fingerprint density at radius 2 is 2.04 bits per heavy atom. The van der Waals surface area contributed by atoms with Gasteiger partial charge in [-0.05, 0) is 37.8 Å². The van der Waals surface area contributed by atoms with Crippen LogP contribution in [0.25, 0.3) is 0 Å². The molecule has 1 aromatic rings. The molecule has 0 saturated heterocycles. The van der Waals surface area contributed by atoms with Crippen molar-refractivity contribution < 1.29 is 19.5 Å². The number of aryl methyl sites for hydroxylation is 1. The van der Waals surface area contributed by atoms with Crippen LogP contribution >= 0.6 is 0 Å². The molecule has 0 radical (unpaired) electrons. The first-order valence-corrected chi connectivity index (χ1v) is 8.61. The number of nitrogens with zero attached hydrogens (tertiary/aromatic N) is 1. The number of anilines is 1. The molecule has 1 aliphatic rings. The van der Waals surface area contributed by atoms with Crippen LogP contribution in [0.3, 0.4) is 0 Å². The second kappa shape index (κ2) is 8.50. The lowest BCUT2D eigenvalue weighted by molar-refractivity contribution is -0.139. The molecule has 25 heavy (non-hydrogen) atoms. The van der Waals surface area contributed by atoms with Crippen LogP contribution in [0.2, 0.25) is 0 Å². The Labute approximate surface area is 147 Å². The van der Waals surface area contributed by atoms with E-state index in [1.807, 2.05) is 38.1 Å². The average molecular weight is 347 g/mol. The lowest BCUT2D eigenvalue weighted by Crippen LogP contribution is -2.51. The second-order valence-electron chi connectivity index (χ2n) is 6.29. The molecular weight excluding hydrogens is 322 g/mol. The Morgan fingerprint density at radius 3 is 2.72 bits per heavy atom. The normalized spacial score (nSPS) is 17.4. The standard InChI is InChI=1S/C18H25N3O4/c1-3-6-14(17(23)24)20-18(25)19-11-16(22)21-12(2)9-10-13-7-4-5-8-15(13)21/h4-5,7-8,12,14H,3,6,9-11H2,1-2H3,(H,23,24)(H2,19,20,25)/t12-,14-/m1/s1. The molecule has 0 aliphatic carbocycles. The number of aliphatic carboxylic acids is 1. The summed E-state index contributed by atoms with van der Waals surface area (Å²) in [6, 6.07) is 6.21. The van der Waals surface area contributed by atoms with Gasteiger partial charge in [0.25, 0.3) is 0 Å². The quantitative estimate of drug-likeness (QED) is 0.732. The zero-order valence-corrected chi connectivity index (χ0v) is 14.6. The van der Waals surface area contributed by atoms with Crippen molar-refractivity contribution >= 4 is 23.6 Å². The van der Waals surface area contributed by atoms with Crippen molar-refractivity contribution in [3.63, 3.8) is 0 Å². The van der Waals surface area contributed by atoms with Crippen LogP contribution in [0, 0.1) is 0 Å². The van der Waals surface area contributed by atoms with Gasteiger partial charge in [0, 0.05) is 11.7 Å². The molecule has 0 spiro atoms. The molecule has 2 rings (SSSR count). The van der Waals surface area contributed by atoms with Gasteiger partial charge in [-0.3, -0.25) is 4.79 Å². The molecule has 7 heteroatoms. The maximum atomic E-state index is 12.6. The second-order valence-corrected chi connectivity index (χ2v) is 6.29. The minimum Gasteiger partial charge on any atom is -0.480 e. The zero-order valence-electron chi connectivity index (χ0n) is 14.6. The van der Waals surface area contributed by atoms with Crippen molar-refractivity contribution in [1.82, 2.24) is 10.6 Å². The number of carboxylic acids is 1. The molecule has 0 fully saturated rings. The SMILES string of the molecule is CCC[C@@H](NC(=O)NCC(=O)N1c2ccccc2CC[C@H]1C)C(=O)O. The summed E-state index contributed by atoms with van der Waals surface area (Å²) in [4.78, 5) is 37.3. The van der Waals surface area contributed by atoms with Crippen molar-refractivity contribution in [2.75, 3.05) is 11.4 Å². The summed E-state index contributed by atoms with van der Waals surface area (Å²) in [5.41, 5.74) is 2.00. The molecule has 2 atom stereocenters. The van der Waals surface area contributed by atoms with Crippen molar-refractivity contribution in [3.8, 4) is 0 Å². The highest BCUT2D eigenvalue weighted by Crippen LogP contribution is 2.30. The first kappa shape index (κ1) is 18.8. The molecule has 1 heterocycles. The van der Waals surface area contributed by atoms with Crippen LogP contribution in [-0.4, -0.2) is 41.6 Å². The number of fused-ring (bicyclic) bond motifs is 1. The van der Waals surface area contributed by atoms with Gasteiger partial charge in [0.1, 0.15) is 6.04 Å². The van der Waals surface area contributed by atoms with E-state index < -0.39 is 18.0 Å². The molecule has 0 unspecified atom stereocenters. The third-order valence-electron chi connectivity index (χ3n) is 4.37. The topological polar surface area (TPSA) is 98.7 Å². The first-order valence-electron chi connectivity index (χ1n) is 8.61. The van der Waals surface area contributed by atoms with Crippen LogP contribution in [-0.2, 0) is 16.0 Å². The highest BCUT2D eigenvalue weighted by Gasteiger charge is 2.28. The number of benzene rings is 1. The number of hydrogen-bond acceptors (Lipinski definition) is 3. The molecule has 136 valence electrons. The highest BCUT2D eigenvalue weighted by atomic mass is 16.4. The first-order chi connectivity index (χ1) is 11.9. The lowest BCUT2D eigenvalue weighted by Gasteiger charge is -2.35. The minimum atomic E-state index is -1.08. The molecule has 3 N–H and O–H groups in total. The summed E-state index contributed by atoms with van der Waals surface area (Å²) in [6.07, 6.45) is 2.77. The number of rotatable bonds is 6. The van der Waals surface area contributed by atoms with Crippen LogP contribution < -0.4 is 15.5 Å². The Bertz CT molecular complexity index is 647. The van der Waals surface area contributed by atoms with Gasteiger partial charge in [0.05, 0.1) is 6.54 Å². The monoisotopic (exact) mass is 347 g/mol. The maximum absolute atomic E-state index is 12.6. The molecule has 0 aromatic heterocycles. The third-order valence-corrected chi connectivity index (χ3v) is 4.37. The number of nitrogens with one attached hydrogen (secondary N) is 2. The van der Waals surface area contributed by atoms with Gasteiger partial charge in [0.15, 0.2) is 0 Å². The number of carboxylic acid groups (broad SMARTS) is 1. The van der Waals surface area contributed by atoms with Crippen molar-refractivity contribution in [2.45, 2.75) is 51.6 Å². The van der Waals surface area contributed by atoms with Gasteiger partial charge in [-0.15, -0.1) is 0 Å². The van der Waals surface area contributed by atoms with Crippen molar-refractivity contribution in [1.29, 1.82) is 0 Å². The average Bonchev–Trinajstić information content (AvgIpc) is 2.59. The van der Waals surface area contributed by atoms with Gasteiger partial charge in [-0.1, -0.05) is 31.5 Å². The smallest absolute Gasteiger partial charge is 0.326 e. The molecule has 3 amide bonds. The number of amides is 3. The predicted octanol–water partition coefficient (Wildman–Crippen LogP) is 1.91. The zero-order chi connectivity index (χ0) is 18.4. The molecule has 7 nitrogen and oxygen atoms in total. The fraction of sp³-hybridized carbons (Fsp3) is 0.500. The van der Waals surface area contributed by atoms with Crippen molar-refractivity contribution in [3.05, 3.63) is 29.8 Å². The Morgan fingerprint density at radius 1 is 1.32 bits per heavy atom. The fourth-order valence-corrected chi connectivity index (χ4v) is 3.06. The number of carbonyl (C=O) groups excluding carboxylic acids is 2. The van der Waals surface area contributed by atoms with Gasteiger partial charge in [0.2, 0.25) is 5.91 Å². The summed E-state index contributed by atoms with van der Waals surface area (Å²) in [5.74, 6) is -1.29. The van der Waals surface area contributed by atoms with E-state index in [2.05, 4.69) is 10.6 Å². The molecule has 0 bridgehead atoms. The van der Waals surface area contributed by atoms with E-state index in [4.69, 9.17) is 5.11 Å². The van der Waals surface area contributed by atoms with E-state index >= 15 is 0 Å². The Kier molecular flexibility index (Phi) is 6.38. The van der Waals surface area contributed by atoms with E-state index in [1.54, 1.807) is 4.90 Å². The molecule has 1 aliphatic heterocycles. The van der Waals surface area contributed by atoms with Gasteiger partial charge < -0.3 is 20.6 Å². The number of urea groups is 1. The lowest BCUT2D eigenvalue weighted by atomic mass is 9.96. The number of para-hydroxylation sites is 1. The fourth-order valence-electron chi connectivity index (χ4n) is 3.06. The van der Waals surface area contributed by atoms with E-state index in [0.29, 0.717) is 12.8 Å². The molecule has 1 aromatic carbocycles. The highest BCUT2D eigenvalue weighted by molar-refractivity contribution is 5.98. The van der Waals surface area contributed by atoms with Crippen LogP contribution in [0.4, 0.5) is 10.5 Å². The van der Waals surface area contributed by atoms with Crippen LogP contribution in [0.5, 0.6) is 0 Å². The van der Waals surface area contributed by atoms with E-state index in [-0.39, 0.29) is 18.5 Å². The largest absolute Gasteiger partial charge is 0.480 e. The summed E-state index contributed by atoms with van der Waals surface area (Å²) < 4.78 is 0. The maximum Gasteiger partial charge on any atom is 0.326 e. The molecular formula is C18H25N3O4. The van der Waals surface area contributed by atoms with Crippen LogP contribution in [0.1, 0.15) is 38.7 Å². The third kappa shape index (κ3) is 4.71. The summed E-state index contributed by atoms with van der Waals surface area (Å²) in [7, 11) is 0. The number of carbonyl (C=O) groups is 3. The summed E-state index contributed by atoms with van der Waals surface area (Å²) in [6.45, 7) is 3.65. The van der Waals surface area contributed by atoms with Crippen LogP contribution in [0.15, 0.2) is 24.3 Å². The summed E-state index contributed by atoms with van der Waals surface area (Å²) >= 11 is 0. The van der Waals surface area contributed by atoms with Crippen molar-refractivity contribution in [2.24, 2.45) is 0 Å². The molecule has 0 saturated carbocycles. The van der Waals surface area contributed by atoms with E-state index in [0.717, 1.165) is 24.1 Å². The van der Waals surface area contributed by atoms with E-state index in [1.165, 1.54) is 0 Å². The Hall–Kier alpha value is -2.57. The van der Waals surface area contributed by atoms with Gasteiger partial charge in [-0.25, -0.2) is 9.59 Å². The minimum absolute atomic E-state index is 0.0547. The van der Waals surface area contributed by atoms with E-state index in [9.17, 15) is 14.4 Å². The summed E-state index contributed by atoms with van der Waals surface area (Å²) in [5, 5.41) is 13.9. The number of hydrogen-bond donors (Lipinski definition) is 3. The van der Waals surface area contributed by atoms with Gasteiger partial charge >= 0.3 is 12.0 Å². The predicted molar refractivity (Wildman–Crippen MR) is 94.6 cm³/mol. The van der Waals surface area contributed by atoms with Gasteiger partial charge in [-0.2, -0.15) is 0 Å². The Balaban J connectivity index is 1.96.